The third-order valence-electron chi connectivity index (χ3n) is 4.55. The van der Waals surface area contributed by atoms with E-state index in [2.05, 4.69) is 35.1 Å². The monoisotopic (exact) mass is 330 g/mol. The highest BCUT2D eigenvalue weighted by Crippen LogP contribution is 2.12. The number of aromatic nitrogens is 4. The van der Waals surface area contributed by atoms with E-state index >= 15 is 0 Å². The third-order valence-corrected chi connectivity index (χ3v) is 4.55. The SMILES string of the molecule is CCn1cc(CN2CCN(C(=O)Cn3cc(C)cn3)CC2)c(C)n1. The lowest BCUT2D eigenvalue weighted by atomic mass is 10.2. The van der Waals surface area contributed by atoms with Gasteiger partial charge in [0.05, 0.1) is 11.9 Å². The number of carbonyl (C=O) groups excluding carboxylic acids is 1. The van der Waals surface area contributed by atoms with Crippen molar-refractivity contribution in [1.29, 1.82) is 0 Å². The molecule has 0 aliphatic carbocycles. The Hall–Kier alpha value is -2.15. The van der Waals surface area contributed by atoms with Crippen LogP contribution in [-0.2, 0) is 24.4 Å². The normalized spacial score (nSPS) is 15.9. The van der Waals surface area contributed by atoms with Gasteiger partial charge < -0.3 is 4.90 Å². The van der Waals surface area contributed by atoms with Gasteiger partial charge in [0.15, 0.2) is 0 Å². The van der Waals surface area contributed by atoms with Gasteiger partial charge in [-0.05, 0) is 26.3 Å². The summed E-state index contributed by atoms with van der Waals surface area (Å²) in [5.41, 5.74) is 3.46. The van der Waals surface area contributed by atoms with E-state index in [0.717, 1.165) is 50.5 Å². The summed E-state index contributed by atoms with van der Waals surface area (Å²) < 4.78 is 3.70. The van der Waals surface area contributed by atoms with E-state index in [1.165, 1.54) is 5.56 Å². The summed E-state index contributed by atoms with van der Waals surface area (Å²) in [6, 6.07) is 0. The summed E-state index contributed by atoms with van der Waals surface area (Å²) in [6.45, 7) is 11.6. The zero-order valence-electron chi connectivity index (χ0n) is 14.8. The Morgan fingerprint density at radius 2 is 1.88 bits per heavy atom. The first-order valence-electron chi connectivity index (χ1n) is 8.57. The smallest absolute Gasteiger partial charge is 0.244 e. The maximum atomic E-state index is 12.4. The van der Waals surface area contributed by atoms with Gasteiger partial charge in [-0.3, -0.25) is 19.1 Å². The van der Waals surface area contributed by atoms with Crippen LogP contribution in [0.5, 0.6) is 0 Å². The number of nitrogens with zero attached hydrogens (tertiary/aromatic N) is 6. The standard InChI is InChI=1S/C17H26N6O/c1-4-22-12-16(15(3)19-22)11-20-5-7-21(8-6-20)17(24)13-23-10-14(2)9-18-23/h9-10,12H,4-8,11,13H2,1-3H3. The zero-order valence-corrected chi connectivity index (χ0v) is 14.8. The third kappa shape index (κ3) is 3.84. The fraction of sp³-hybridized carbons (Fsp3) is 0.588. The molecule has 2 aromatic rings. The molecule has 1 saturated heterocycles. The summed E-state index contributed by atoms with van der Waals surface area (Å²) in [4.78, 5) is 16.7. The minimum atomic E-state index is 0.146. The number of hydrogen-bond acceptors (Lipinski definition) is 4. The lowest BCUT2D eigenvalue weighted by molar-refractivity contribution is -0.133. The Morgan fingerprint density at radius 1 is 1.12 bits per heavy atom. The Labute approximate surface area is 142 Å². The van der Waals surface area contributed by atoms with Crippen LogP contribution in [0.15, 0.2) is 18.6 Å². The second kappa shape index (κ2) is 7.17. The highest BCUT2D eigenvalue weighted by Gasteiger charge is 2.22. The molecule has 0 bridgehead atoms. The molecule has 7 nitrogen and oxygen atoms in total. The summed E-state index contributed by atoms with van der Waals surface area (Å²) in [7, 11) is 0. The van der Waals surface area contributed by atoms with E-state index in [9.17, 15) is 4.79 Å². The lowest BCUT2D eigenvalue weighted by Gasteiger charge is -2.34. The Bertz CT molecular complexity index is 696. The number of piperazine rings is 1. The van der Waals surface area contributed by atoms with Gasteiger partial charge in [0, 0.05) is 57.2 Å². The molecule has 0 radical (unpaired) electrons. The molecule has 3 rings (SSSR count). The van der Waals surface area contributed by atoms with Gasteiger partial charge in [0.1, 0.15) is 6.54 Å². The van der Waals surface area contributed by atoms with Crippen molar-refractivity contribution >= 4 is 5.91 Å². The first kappa shape index (κ1) is 16.7. The molecule has 0 spiro atoms. The van der Waals surface area contributed by atoms with Gasteiger partial charge in [-0.2, -0.15) is 10.2 Å². The Kier molecular flexibility index (Phi) is 4.99. The van der Waals surface area contributed by atoms with Crippen molar-refractivity contribution in [1.82, 2.24) is 29.4 Å². The molecule has 1 aliphatic rings. The van der Waals surface area contributed by atoms with E-state index in [0.29, 0.717) is 6.54 Å². The summed E-state index contributed by atoms with van der Waals surface area (Å²) in [5, 5.41) is 8.69. The Morgan fingerprint density at radius 3 is 2.46 bits per heavy atom. The molecule has 130 valence electrons. The van der Waals surface area contributed by atoms with Gasteiger partial charge in [0.2, 0.25) is 5.91 Å². The molecular weight excluding hydrogens is 304 g/mol. The number of hydrogen-bond donors (Lipinski definition) is 0. The number of aryl methyl sites for hydroxylation is 3. The molecule has 1 amide bonds. The highest BCUT2D eigenvalue weighted by atomic mass is 16.2. The number of rotatable bonds is 5. The number of carbonyl (C=O) groups is 1. The fourth-order valence-electron chi connectivity index (χ4n) is 3.06. The molecule has 0 saturated carbocycles. The topological polar surface area (TPSA) is 59.2 Å². The van der Waals surface area contributed by atoms with Crippen molar-refractivity contribution < 1.29 is 4.79 Å². The minimum absolute atomic E-state index is 0.146. The average Bonchev–Trinajstić information content (AvgIpc) is 3.14. The highest BCUT2D eigenvalue weighted by molar-refractivity contribution is 5.76. The van der Waals surface area contributed by atoms with E-state index in [1.54, 1.807) is 10.9 Å². The molecule has 0 atom stereocenters. The molecule has 0 aromatic carbocycles. The zero-order chi connectivity index (χ0) is 17.1. The number of amides is 1. The predicted molar refractivity (Wildman–Crippen MR) is 91.5 cm³/mol. The maximum absolute atomic E-state index is 12.4. The first-order chi connectivity index (χ1) is 11.5. The Balaban J connectivity index is 1.50. The second-order valence-corrected chi connectivity index (χ2v) is 6.47. The van der Waals surface area contributed by atoms with Gasteiger partial charge >= 0.3 is 0 Å². The quantitative estimate of drug-likeness (QED) is 0.822. The van der Waals surface area contributed by atoms with E-state index in [4.69, 9.17) is 0 Å². The van der Waals surface area contributed by atoms with E-state index in [1.807, 2.05) is 22.7 Å². The summed E-state index contributed by atoms with van der Waals surface area (Å²) >= 11 is 0. The van der Waals surface area contributed by atoms with Gasteiger partial charge in [0.25, 0.3) is 0 Å². The molecule has 1 fully saturated rings. The molecule has 3 heterocycles. The summed E-state index contributed by atoms with van der Waals surface area (Å²) in [6.07, 6.45) is 5.82. The maximum Gasteiger partial charge on any atom is 0.244 e. The van der Waals surface area contributed by atoms with Crippen LogP contribution in [-0.4, -0.2) is 61.4 Å². The molecule has 0 N–H and O–H groups in total. The van der Waals surface area contributed by atoms with Gasteiger partial charge in [-0.1, -0.05) is 0 Å². The lowest BCUT2D eigenvalue weighted by Crippen LogP contribution is -2.49. The van der Waals surface area contributed by atoms with Crippen molar-refractivity contribution in [3.63, 3.8) is 0 Å². The second-order valence-electron chi connectivity index (χ2n) is 6.47. The predicted octanol–water partition coefficient (Wildman–Crippen LogP) is 1.06. The van der Waals surface area contributed by atoms with Crippen LogP contribution in [0.2, 0.25) is 0 Å². The van der Waals surface area contributed by atoms with Gasteiger partial charge in [-0.25, -0.2) is 0 Å². The van der Waals surface area contributed by atoms with Crippen LogP contribution >= 0.6 is 0 Å². The molecule has 24 heavy (non-hydrogen) atoms. The van der Waals surface area contributed by atoms with Crippen molar-refractivity contribution in [2.45, 2.75) is 40.4 Å². The van der Waals surface area contributed by atoms with E-state index in [-0.39, 0.29) is 5.91 Å². The van der Waals surface area contributed by atoms with Crippen LogP contribution in [0, 0.1) is 13.8 Å². The van der Waals surface area contributed by atoms with E-state index < -0.39 is 0 Å². The van der Waals surface area contributed by atoms with Crippen LogP contribution in [0.25, 0.3) is 0 Å². The molecule has 2 aromatic heterocycles. The minimum Gasteiger partial charge on any atom is -0.339 e. The van der Waals surface area contributed by atoms with Crippen LogP contribution in [0.1, 0.15) is 23.7 Å². The van der Waals surface area contributed by atoms with Crippen molar-refractivity contribution in [3.8, 4) is 0 Å². The van der Waals surface area contributed by atoms with Crippen molar-refractivity contribution in [2.24, 2.45) is 0 Å². The van der Waals surface area contributed by atoms with Crippen LogP contribution < -0.4 is 0 Å². The molecule has 0 unspecified atom stereocenters. The van der Waals surface area contributed by atoms with Crippen molar-refractivity contribution in [2.75, 3.05) is 26.2 Å². The van der Waals surface area contributed by atoms with Crippen LogP contribution in [0.4, 0.5) is 0 Å². The van der Waals surface area contributed by atoms with Gasteiger partial charge in [-0.15, -0.1) is 0 Å². The average molecular weight is 330 g/mol. The van der Waals surface area contributed by atoms with Crippen molar-refractivity contribution in [3.05, 3.63) is 35.4 Å². The fourth-order valence-corrected chi connectivity index (χ4v) is 3.06. The van der Waals surface area contributed by atoms with Crippen LogP contribution in [0.3, 0.4) is 0 Å². The largest absolute Gasteiger partial charge is 0.339 e. The molecule has 7 heteroatoms. The molecule has 1 aliphatic heterocycles. The first-order valence-corrected chi connectivity index (χ1v) is 8.57. The summed E-state index contributed by atoms with van der Waals surface area (Å²) in [5.74, 6) is 0.146. The molecular formula is C17H26N6O.